The molecule has 0 aromatic heterocycles. The number of fused-ring (bicyclic) bond motifs is 4. The van der Waals surface area contributed by atoms with Gasteiger partial charge in [0.2, 0.25) is 0 Å². The zero-order chi connectivity index (χ0) is 24.1. The largest absolute Gasteiger partial charge is 0.387 e. The van der Waals surface area contributed by atoms with Gasteiger partial charge in [0.05, 0.1) is 43.2 Å². The zero-order valence-corrected chi connectivity index (χ0v) is 20.7. The number of carbonyl (C=O) groups is 1. The van der Waals surface area contributed by atoms with Crippen molar-refractivity contribution in [3.63, 3.8) is 0 Å². The minimum atomic E-state index is -0.773. The quantitative estimate of drug-likeness (QED) is 0.542. The Labute approximate surface area is 207 Å². The zero-order valence-electron chi connectivity index (χ0n) is 20.7. The van der Waals surface area contributed by atoms with E-state index in [0.29, 0.717) is 25.4 Å². The molecule has 6 aliphatic heterocycles. The average Bonchev–Trinajstić information content (AvgIpc) is 3.59. The summed E-state index contributed by atoms with van der Waals surface area (Å²) in [5, 5.41) is 11.2. The molecule has 0 saturated carbocycles. The van der Waals surface area contributed by atoms with Crippen LogP contribution in [0.25, 0.3) is 0 Å². The van der Waals surface area contributed by atoms with Crippen molar-refractivity contribution in [2.24, 2.45) is 5.92 Å². The minimum Gasteiger partial charge on any atom is -0.387 e. The Morgan fingerprint density at radius 2 is 1.69 bits per heavy atom. The van der Waals surface area contributed by atoms with E-state index in [1.54, 1.807) is 0 Å². The molecule has 0 bridgehead atoms. The molecule has 0 aromatic carbocycles. The average molecular weight is 493 g/mol. The molecule has 8 nitrogen and oxygen atoms in total. The maximum atomic E-state index is 12.7. The molecule has 1 N–H and O–H groups in total. The Kier molecular flexibility index (Phi) is 7.08. The van der Waals surface area contributed by atoms with Crippen molar-refractivity contribution in [1.82, 2.24) is 0 Å². The van der Waals surface area contributed by atoms with Gasteiger partial charge < -0.3 is 33.5 Å². The van der Waals surface area contributed by atoms with Crippen molar-refractivity contribution in [3.8, 4) is 0 Å². The van der Waals surface area contributed by atoms with Crippen molar-refractivity contribution in [2.45, 2.75) is 132 Å². The van der Waals surface area contributed by atoms with Crippen molar-refractivity contribution < 1.29 is 38.3 Å². The minimum absolute atomic E-state index is 0.0581. The number of aliphatic hydroxyl groups excluding tert-OH is 1. The van der Waals surface area contributed by atoms with Crippen LogP contribution in [0.1, 0.15) is 64.7 Å². The summed E-state index contributed by atoms with van der Waals surface area (Å²) >= 11 is 0. The van der Waals surface area contributed by atoms with Gasteiger partial charge in [0.1, 0.15) is 36.3 Å². The topological polar surface area (TPSA) is 92.7 Å². The number of rotatable bonds is 7. The van der Waals surface area contributed by atoms with Crippen LogP contribution in [0.4, 0.5) is 0 Å². The first-order chi connectivity index (χ1) is 16.9. The molecule has 0 radical (unpaired) electrons. The molecule has 0 aliphatic carbocycles. The van der Waals surface area contributed by atoms with Crippen LogP contribution in [-0.4, -0.2) is 91.2 Å². The van der Waals surface area contributed by atoms with Crippen LogP contribution >= 0.6 is 0 Å². The van der Waals surface area contributed by atoms with Gasteiger partial charge in [-0.3, -0.25) is 4.79 Å². The first kappa shape index (κ1) is 24.5. The summed E-state index contributed by atoms with van der Waals surface area (Å²) in [5.74, 6) is 0.529. The molecule has 6 aliphatic rings. The monoisotopic (exact) mass is 492 g/mol. The second-order valence-corrected chi connectivity index (χ2v) is 11.6. The number of hydrogen-bond acceptors (Lipinski definition) is 8. The highest BCUT2D eigenvalue weighted by atomic mass is 16.6. The molecule has 6 heterocycles. The van der Waals surface area contributed by atoms with E-state index in [4.69, 9.17) is 28.4 Å². The second-order valence-electron chi connectivity index (χ2n) is 11.6. The van der Waals surface area contributed by atoms with Crippen LogP contribution in [0, 0.1) is 5.92 Å². The molecule has 6 fully saturated rings. The number of aliphatic hydroxyl groups is 1. The van der Waals surface area contributed by atoms with Gasteiger partial charge in [0, 0.05) is 25.9 Å². The third-order valence-electron chi connectivity index (χ3n) is 9.01. The number of ether oxygens (including phenoxy) is 6. The molecule has 6 saturated heterocycles. The van der Waals surface area contributed by atoms with Gasteiger partial charge in [-0.05, 0) is 56.9 Å². The van der Waals surface area contributed by atoms with Crippen LogP contribution in [0.5, 0.6) is 0 Å². The Bertz CT molecular complexity index is 802. The number of carbonyl (C=O) groups excluding carboxylic acids is 1. The highest BCUT2D eigenvalue weighted by Gasteiger charge is 2.60. The summed E-state index contributed by atoms with van der Waals surface area (Å²) in [7, 11) is 0. The van der Waals surface area contributed by atoms with E-state index in [9.17, 15) is 9.90 Å². The van der Waals surface area contributed by atoms with Gasteiger partial charge in [-0.2, -0.15) is 0 Å². The third-order valence-corrected chi connectivity index (χ3v) is 9.01. The molecule has 6 rings (SSSR count). The molecule has 7 unspecified atom stereocenters. The predicted octanol–water partition coefficient (Wildman–Crippen LogP) is 2.49. The van der Waals surface area contributed by atoms with Crippen LogP contribution in [0.2, 0.25) is 0 Å². The SMILES string of the molecule is C=C1CO[C@@H](CC[C@@H]2C[C@H]3OC4C(OC5CCC(CC(=O)CC6CCO[C@H]6C)O[C@@H]5C4O)C3O2)C1. The van der Waals surface area contributed by atoms with Gasteiger partial charge in [-0.15, -0.1) is 0 Å². The fourth-order valence-corrected chi connectivity index (χ4v) is 7.05. The fraction of sp³-hybridized carbons (Fsp3) is 0.889. The maximum absolute atomic E-state index is 12.7. The van der Waals surface area contributed by atoms with Gasteiger partial charge in [-0.25, -0.2) is 0 Å². The lowest BCUT2D eigenvalue weighted by Crippen LogP contribution is -2.61. The van der Waals surface area contributed by atoms with Crippen molar-refractivity contribution in [1.29, 1.82) is 0 Å². The standard InChI is InChI=1S/C27H40O8/c1-14-9-18(31-13-14)3-4-20-12-22-25(33-20)27-26(35-22)23(29)24-21(34-27)6-5-19(32-24)11-17(28)10-16-7-8-30-15(16)2/h15-16,18-27,29H,1,3-13H2,2H3/t15-,16?,18-,19?,20+,21?,22+,23?,24-,25?,26?,27?/m0/s1. The summed E-state index contributed by atoms with van der Waals surface area (Å²) < 4.78 is 36.7. The fourth-order valence-electron chi connectivity index (χ4n) is 7.05. The number of ketones is 1. The van der Waals surface area contributed by atoms with Gasteiger partial charge in [0.15, 0.2) is 0 Å². The van der Waals surface area contributed by atoms with E-state index in [1.807, 2.05) is 6.92 Å². The summed E-state index contributed by atoms with van der Waals surface area (Å²) in [6, 6.07) is 0. The van der Waals surface area contributed by atoms with E-state index in [-0.39, 0.29) is 54.6 Å². The predicted molar refractivity (Wildman–Crippen MR) is 125 cm³/mol. The molecular formula is C27H40O8. The number of Topliss-reactive ketones (excluding diaryl/α,β-unsaturated/α-hetero) is 1. The first-order valence-corrected chi connectivity index (χ1v) is 13.7. The second kappa shape index (κ2) is 10.1. The summed E-state index contributed by atoms with van der Waals surface area (Å²) in [6.45, 7) is 7.47. The van der Waals surface area contributed by atoms with Gasteiger partial charge >= 0.3 is 0 Å². The Hall–Kier alpha value is -0.870. The highest BCUT2D eigenvalue weighted by Crippen LogP contribution is 2.44. The third kappa shape index (κ3) is 5.00. The Morgan fingerprint density at radius 3 is 2.46 bits per heavy atom. The van der Waals surface area contributed by atoms with Crippen LogP contribution < -0.4 is 0 Å². The Morgan fingerprint density at radius 1 is 0.886 bits per heavy atom. The number of hydrogen-bond donors (Lipinski definition) is 1. The molecule has 8 heteroatoms. The summed E-state index contributed by atoms with van der Waals surface area (Å²) in [4.78, 5) is 12.7. The van der Waals surface area contributed by atoms with Crippen molar-refractivity contribution in [3.05, 3.63) is 12.2 Å². The van der Waals surface area contributed by atoms with Crippen molar-refractivity contribution in [2.75, 3.05) is 13.2 Å². The lowest BCUT2D eigenvalue weighted by molar-refractivity contribution is -0.263. The molecule has 196 valence electrons. The lowest BCUT2D eigenvalue weighted by Gasteiger charge is -2.46. The van der Waals surface area contributed by atoms with E-state index in [1.165, 1.54) is 5.57 Å². The lowest BCUT2D eigenvalue weighted by atomic mass is 9.87. The van der Waals surface area contributed by atoms with Gasteiger partial charge in [0.25, 0.3) is 0 Å². The maximum Gasteiger partial charge on any atom is 0.135 e. The first-order valence-electron chi connectivity index (χ1n) is 13.7. The summed E-state index contributed by atoms with van der Waals surface area (Å²) in [6.07, 6.45) is 5.11. The molecular weight excluding hydrogens is 452 g/mol. The highest BCUT2D eigenvalue weighted by molar-refractivity contribution is 5.79. The normalized spacial score (nSPS) is 49.1. The van der Waals surface area contributed by atoms with Crippen molar-refractivity contribution >= 4 is 5.78 Å². The molecule has 35 heavy (non-hydrogen) atoms. The molecule has 0 spiro atoms. The Balaban J connectivity index is 0.996. The molecule has 0 aromatic rings. The van der Waals surface area contributed by atoms with Crippen LogP contribution in [0.3, 0.4) is 0 Å². The van der Waals surface area contributed by atoms with E-state index in [2.05, 4.69) is 6.58 Å². The van der Waals surface area contributed by atoms with E-state index >= 15 is 0 Å². The van der Waals surface area contributed by atoms with Crippen LogP contribution in [-0.2, 0) is 33.2 Å². The molecule has 0 amide bonds. The summed E-state index contributed by atoms with van der Waals surface area (Å²) in [5.41, 5.74) is 1.17. The van der Waals surface area contributed by atoms with Crippen LogP contribution in [0.15, 0.2) is 12.2 Å². The molecule has 12 atom stereocenters. The van der Waals surface area contributed by atoms with E-state index in [0.717, 1.165) is 51.6 Å². The van der Waals surface area contributed by atoms with E-state index < -0.39 is 18.3 Å². The smallest absolute Gasteiger partial charge is 0.135 e. The van der Waals surface area contributed by atoms with Gasteiger partial charge in [-0.1, -0.05) is 6.58 Å².